The van der Waals surface area contributed by atoms with Gasteiger partial charge in [0.2, 0.25) is 0 Å². The van der Waals surface area contributed by atoms with Crippen LogP contribution in [0.5, 0.6) is 0 Å². The van der Waals surface area contributed by atoms with E-state index in [0.717, 1.165) is 55.7 Å². The summed E-state index contributed by atoms with van der Waals surface area (Å²) in [5.74, 6) is 1.79. The van der Waals surface area contributed by atoms with Crippen molar-refractivity contribution >= 4 is 35.8 Å². The van der Waals surface area contributed by atoms with Crippen LogP contribution in [0.25, 0.3) is 5.69 Å². The Hall–Kier alpha value is -2.66. The third-order valence-electron chi connectivity index (χ3n) is 5.47. The largest absolute Gasteiger partial charge is 0.375 e. The molecular weight excluding hydrogens is 529 g/mol. The molecule has 1 aliphatic heterocycles. The molecule has 33 heavy (non-hydrogen) atoms. The lowest BCUT2D eigenvalue weighted by atomic mass is 10.1. The number of benzene rings is 1. The summed E-state index contributed by atoms with van der Waals surface area (Å²) in [6.45, 7) is 6.09. The molecule has 0 bridgehead atoms. The Morgan fingerprint density at radius 1 is 1.15 bits per heavy atom. The lowest BCUT2D eigenvalue weighted by Gasteiger charge is -2.32. The molecule has 8 nitrogen and oxygen atoms in total. The number of nitrogens with one attached hydrogen (secondary N) is 2. The highest BCUT2D eigenvalue weighted by atomic mass is 127. The van der Waals surface area contributed by atoms with E-state index in [-0.39, 0.29) is 30.1 Å². The van der Waals surface area contributed by atoms with Gasteiger partial charge in [-0.2, -0.15) is 5.10 Å². The van der Waals surface area contributed by atoms with Gasteiger partial charge in [-0.1, -0.05) is 18.2 Å². The standard InChI is InChI=1S/C24H31N7O.HI/c1-19-18-30(14-15-32-19)23-9-6-21(16-27-23)17-28-24(25-2)26-12-10-20-4-7-22(8-5-20)31-13-3-11-29-31;/h3-9,11,13,16,19H,10,12,14-15,17-18H2,1-2H3,(H2,25,26,28);1H. The van der Waals surface area contributed by atoms with Gasteiger partial charge in [-0.05, 0) is 48.7 Å². The van der Waals surface area contributed by atoms with Crippen molar-refractivity contribution in [1.29, 1.82) is 0 Å². The van der Waals surface area contributed by atoms with Crippen molar-refractivity contribution in [3.8, 4) is 5.69 Å². The number of rotatable bonds is 7. The molecule has 2 N–H and O–H groups in total. The molecule has 0 radical (unpaired) electrons. The molecule has 2 aromatic heterocycles. The van der Waals surface area contributed by atoms with Gasteiger partial charge in [0.1, 0.15) is 5.82 Å². The van der Waals surface area contributed by atoms with E-state index < -0.39 is 0 Å². The first kappa shape index (κ1) is 25.0. The van der Waals surface area contributed by atoms with E-state index in [1.165, 1.54) is 5.56 Å². The smallest absolute Gasteiger partial charge is 0.191 e. The van der Waals surface area contributed by atoms with Crippen LogP contribution in [0, 0.1) is 0 Å². The van der Waals surface area contributed by atoms with Crippen LogP contribution in [0.3, 0.4) is 0 Å². The van der Waals surface area contributed by atoms with Crippen molar-refractivity contribution in [2.45, 2.75) is 26.0 Å². The fraction of sp³-hybridized carbons (Fsp3) is 0.375. The molecule has 1 saturated heterocycles. The molecule has 1 aromatic carbocycles. The summed E-state index contributed by atoms with van der Waals surface area (Å²) >= 11 is 0. The predicted octanol–water partition coefficient (Wildman–Crippen LogP) is 3.02. The third kappa shape index (κ3) is 7.16. The van der Waals surface area contributed by atoms with Crippen LogP contribution >= 0.6 is 24.0 Å². The van der Waals surface area contributed by atoms with Gasteiger partial charge in [0.25, 0.3) is 0 Å². The zero-order valence-corrected chi connectivity index (χ0v) is 21.5. The van der Waals surface area contributed by atoms with Gasteiger partial charge in [0.15, 0.2) is 5.96 Å². The van der Waals surface area contributed by atoms with Crippen LogP contribution in [0.4, 0.5) is 5.82 Å². The number of anilines is 1. The molecule has 0 amide bonds. The first-order chi connectivity index (χ1) is 15.7. The Morgan fingerprint density at radius 3 is 2.64 bits per heavy atom. The quantitative estimate of drug-likeness (QED) is 0.263. The fourth-order valence-corrected chi connectivity index (χ4v) is 3.70. The molecule has 1 atom stereocenters. The Morgan fingerprint density at radius 2 is 1.97 bits per heavy atom. The topological polar surface area (TPSA) is 79.6 Å². The van der Waals surface area contributed by atoms with Gasteiger partial charge >= 0.3 is 0 Å². The number of guanidine groups is 1. The van der Waals surface area contributed by atoms with Crippen LogP contribution < -0.4 is 15.5 Å². The van der Waals surface area contributed by atoms with Gasteiger partial charge in [0.05, 0.1) is 18.4 Å². The monoisotopic (exact) mass is 561 g/mol. The van der Waals surface area contributed by atoms with Crippen molar-refractivity contribution in [2.75, 3.05) is 38.2 Å². The van der Waals surface area contributed by atoms with Gasteiger partial charge in [-0.25, -0.2) is 9.67 Å². The fourth-order valence-electron chi connectivity index (χ4n) is 3.70. The Kier molecular flexibility index (Phi) is 9.49. The number of aliphatic imine (C=N–C) groups is 1. The predicted molar refractivity (Wildman–Crippen MR) is 143 cm³/mol. The molecule has 9 heteroatoms. The molecule has 0 saturated carbocycles. The summed E-state index contributed by atoms with van der Waals surface area (Å²) in [6, 6.07) is 14.6. The van der Waals surface area contributed by atoms with E-state index in [2.05, 4.69) is 73.9 Å². The Balaban J connectivity index is 0.00000306. The first-order valence-corrected chi connectivity index (χ1v) is 11.1. The molecule has 176 valence electrons. The normalized spacial score (nSPS) is 16.2. The number of nitrogens with zero attached hydrogens (tertiary/aromatic N) is 5. The summed E-state index contributed by atoms with van der Waals surface area (Å²) in [4.78, 5) is 11.2. The van der Waals surface area contributed by atoms with Gasteiger partial charge in [-0.15, -0.1) is 24.0 Å². The Bertz CT molecular complexity index is 991. The van der Waals surface area contributed by atoms with Crippen LogP contribution in [0.15, 0.2) is 66.0 Å². The van der Waals surface area contributed by atoms with E-state index in [1.807, 2.05) is 23.1 Å². The zero-order valence-electron chi connectivity index (χ0n) is 19.1. The molecule has 3 heterocycles. The number of hydrogen-bond acceptors (Lipinski definition) is 5. The molecular formula is C24H32IN7O. The van der Waals surface area contributed by atoms with Gasteiger partial charge in [-0.3, -0.25) is 4.99 Å². The Labute approximate surface area is 212 Å². The first-order valence-electron chi connectivity index (χ1n) is 11.1. The molecule has 4 rings (SSSR count). The zero-order chi connectivity index (χ0) is 22.2. The maximum atomic E-state index is 5.61. The van der Waals surface area contributed by atoms with Crippen molar-refractivity contribution in [3.05, 3.63) is 72.2 Å². The van der Waals surface area contributed by atoms with E-state index in [0.29, 0.717) is 6.54 Å². The van der Waals surface area contributed by atoms with Gasteiger partial charge in [0, 0.05) is 51.8 Å². The summed E-state index contributed by atoms with van der Waals surface area (Å²) < 4.78 is 7.47. The lowest BCUT2D eigenvalue weighted by Crippen LogP contribution is -2.41. The van der Waals surface area contributed by atoms with Crippen molar-refractivity contribution in [3.63, 3.8) is 0 Å². The number of hydrogen-bond donors (Lipinski definition) is 2. The third-order valence-corrected chi connectivity index (χ3v) is 5.47. The van der Waals surface area contributed by atoms with Crippen LogP contribution in [0.1, 0.15) is 18.1 Å². The molecule has 0 spiro atoms. The maximum Gasteiger partial charge on any atom is 0.191 e. The highest BCUT2D eigenvalue weighted by Gasteiger charge is 2.17. The molecule has 1 aliphatic rings. The highest BCUT2D eigenvalue weighted by Crippen LogP contribution is 2.15. The van der Waals surface area contributed by atoms with E-state index in [9.17, 15) is 0 Å². The summed E-state index contributed by atoms with van der Waals surface area (Å²) in [6.07, 6.45) is 6.81. The lowest BCUT2D eigenvalue weighted by molar-refractivity contribution is 0.0529. The van der Waals surface area contributed by atoms with E-state index in [4.69, 9.17) is 4.74 Å². The molecule has 1 fully saturated rings. The number of ether oxygens (including phenoxy) is 1. The van der Waals surface area contributed by atoms with Crippen molar-refractivity contribution in [2.24, 2.45) is 4.99 Å². The van der Waals surface area contributed by atoms with Crippen LogP contribution in [-0.2, 0) is 17.7 Å². The average Bonchev–Trinajstić information content (AvgIpc) is 3.37. The van der Waals surface area contributed by atoms with E-state index >= 15 is 0 Å². The average molecular weight is 561 g/mol. The van der Waals surface area contributed by atoms with E-state index in [1.54, 1.807) is 13.2 Å². The van der Waals surface area contributed by atoms with Crippen molar-refractivity contribution < 1.29 is 4.74 Å². The molecule has 1 unspecified atom stereocenters. The summed E-state index contributed by atoms with van der Waals surface area (Å²) in [5, 5.41) is 11.0. The number of halogens is 1. The van der Waals surface area contributed by atoms with Crippen molar-refractivity contribution in [1.82, 2.24) is 25.4 Å². The van der Waals surface area contributed by atoms with Crippen LogP contribution in [0.2, 0.25) is 0 Å². The summed E-state index contributed by atoms with van der Waals surface area (Å²) in [7, 11) is 1.79. The number of morpholine rings is 1. The molecule has 0 aliphatic carbocycles. The molecule has 3 aromatic rings. The summed E-state index contributed by atoms with van der Waals surface area (Å²) in [5.41, 5.74) is 3.44. The minimum atomic E-state index is 0. The number of pyridine rings is 1. The minimum Gasteiger partial charge on any atom is -0.375 e. The van der Waals surface area contributed by atoms with Gasteiger partial charge < -0.3 is 20.3 Å². The number of aromatic nitrogens is 3. The van der Waals surface area contributed by atoms with Crippen LogP contribution in [-0.4, -0.2) is 60.1 Å². The minimum absolute atomic E-state index is 0. The highest BCUT2D eigenvalue weighted by molar-refractivity contribution is 14.0. The second-order valence-corrected chi connectivity index (χ2v) is 7.87. The second-order valence-electron chi connectivity index (χ2n) is 7.87. The second kappa shape index (κ2) is 12.5. The SMILES string of the molecule is CN=C(NCCc1ccc(-n2cccn2)cc1)NCc1ccc(N2CCOC(C)C2)nc1.I. The maximum absolute atomic E-state index is 5.61.